The molecule has 7 heteroatoms. The Kier molecular flexibility index (Phi) is 1.87. The van der Waals surface area contributed by atoms with E-state index in [1.165, 1.54) is 0 Å². The van der Waals surface area contributed by atoms with E-state index < -0.39 is 5.54 Å². The van der Waals surface area contributed by atoms with Crippen molar-refractivity contribution in [2.75, 3.05) is 0 Å². The molecule has 1 aliphatic heterocycles. The van der Waals surface area contributed by atoms with Gasteiger partial charge in [-0.3, -0.25) is 0 Å². The molecule has 1 aromatic rings. The van der Waals surface area contributed by atoms with Gasteiger partial charge in [0.2, 0.25) is 5.90 Å². The van der Waals surface area contributed by atoms with Crippen molar-refractivity contribution in [2.24, 2.45) is 4.99 Å². The van der Waals surface area contributed by atoms with Gasteiger partial charge in [-0.1, -0.05) is 23.2 Å². The van der Waals surface area contributed by atoms with E-state index in [-0.39, 0.29) is 17.0 Å². The summed E-state index contributed by atoms with van der Waals surface area (Å²) in [6, 6.07) is 0. The number of aliphatic imine (C=N–C) groups is 1. The number of rotatable bonds is 1. The summed E-state index contributed by atoms with van der Waals surface area (Å²) in [5.74, 6) is -0.0370. The summed E-state index contributed by atoms with van der Waals surface area (Å²) in [6.07, 6.45) is 1.50. The molecule has 0 N–H and O–H groups in total. The maximum absolute atomic E-state index is 11.4. The molecule has 0 unspecified atom stereocenters. The van der Waals surface area contributed by atoms with E-state index in [2.05, 4.69) is 9.37 Å². The molecular weight excluding hydrogens is 259 g/mol. The van der Waals surface area contributed by atoms with Crippen molar-refractivity contribution in [1.29, 1.82) is 0 Å². The Labute approximate surface area is 99.0 Å². The van der Waals surface area contributed by atoms with Crippen LogP contribution in [-0.2, 0) is 9.53 Å². The highest BCUT2D eigenvalue weighted by molar-refractivity contribution is 7.09. The summed E-state index contributed by atoms with van der Waals surface area (Å²) in [4.78, 5) is 16.2. The predicted octanol–water partition coefficient (Wildman–Crippen LogP) is 2.29. The SMILES string of the molecule is O=C1OC(c2snc(Cl)c2Cl)=NC12CC2. The molecule has 0 amide bonds. The summed E-state index contributed by atoms with van der Waals surface area (Å²) < 4.78 is 8.91. The van der Waals surface area contributed by atoms with Gasteiger partial charge in [0.1, 0.15) is 9.90 Å². The molecule has 0 aromatic carbocycles. The number of hydrogen-bond donors (Lipinski definition) is 0. The number of ether oxygens (including phenoxy) is 1. The number of nitrogens with zero attached hydrogens (tertiary/aromatic N) is 2. The molecule has 1 saturated carbocycles. The molecule has 0 bridgehead atoms. The van der Waals surface area contributed by atoms with E-state index in [9.17, 15) is 4.79 Å². The number of aromatic nitrogens is 1. The largest absolute Gasteiger partial charge is 0.404 e. The minimum Gasteiger partial charge on any atom is -0.404 e. The molecule has 78 valence electrons. The Morgan fingerprint density at radius 2 is 2.13 bits per heavy atom. The van der Waals surface area contributed by atoms with Crippen LogP contribution in [0.1, 0.15) is 17.7 Å². The summed E-state index contributed by atoms with van der Waals surface area (Å²) in [7, 11) is 0. The molecular formula is C8H4Cl2N2O2S. The van der Waals surface area contributed by atoms with Crippen LogP contribution >= 0.6 is 34.7 Å². The van der Waals surface area contributed by atoms with E-state index >= 15 is 0 Å². The highest BCUT2D eigenvalue weighted by atomic mass is 35.5. The fourth-order valence-corrected chi connectivity index (χ4v) is 2.51. The third-order valence-corrected chi connectivity index (χ3v) is 4.19. The third-order valence-electron chi connectivity index (χ3n) is 2.40. The molecule has 1 aromatic heterocycles. The van der Waals surface area contributed by atoms with Crippen molar-refractivity contribution >= 4 is 46.6 Å². The van der Waals surface area contributed by atoms with E-state index in [4.69, 9.17) is 27.9 Å². The summed E-state index contributed by atoms with van der Waals surface area (Å²) >= 11 is 12.7. The van der Waals surface area contributed by atoms with Crippen LogP contribution in [0.4, 0.5) is 0 Å². The number of cyclic esters (lactones) is 1. The zero-order valence-corrected chi connectivity index (χ0v) is 9.62. The molecule has 15 heavy (non-hydrogen) atoms. The van der Waals surface area contributed by atoms with Crippen LogP contribution < -0.4 is 0 Å². The van der Waals surface area contributed by atoms with Crippen LogP contribution in [0, 0.1) is 0 Å². The fourth-order valence-electron chi connectivity index (χ4n) is 1.37. The van der Waals surface area contributed by atoms with Crippen LogP contribution in [0.15, 0.2) is 4.99 Å². The first kappa shape index (κ1) is 9.57. The van der Waals surface area contributed by atoms with E-state index in [1.807, 2.05) is 0 Å². The van der Waals surface area contributed by atoms with Gasteiger partial charge in [0.15, 0.2) is 10.7 Å². The maximum Gasteiger partial charge on any atom is 0.340 e. The fraction of sp³-hybridized carbons (Fsp3) is 0.375. The van der Waals surface area contributed by atoms with E-state index in [1.54, 1.807) is 0 Å². The van der Waals surface area contributed by atoms with Crippen LogP contribution in [0.3, 0.4) is 0 Å². The predicted molar refractivity (Wildman–Crippen MR) is 56.7 cm³/mol. The number of hydrogen-bond acceptors (Lipinski definition) is 5. The van der Waals surface area contributed by atoms with Gasteiger partial charge in [0.05, 0.1) is 0 Å². The molecule has 1 spiro atoms. The monoisotopic (exact) mass is 262 g/mol. The van der Waals surface area contributed by atoms with Crippen molar-refractivity contribution in [3.8, 4) is 0 Å². The standard InChI is InChI=1S/C8H4Cl2N2O2S/c9-3-4(15-12-5(3)10)6-11-8(1-2-8)7(13)14-6/h1-2H2. The smallest absolute Gasteiger partial charge is 0.340 e. The summed E-state index contributed by atoms with van der Waals surface area (Å²) in [5, 5.41) is 0.512. The Morgan fingerprint density at radius 1 is 1.40 bits per heavy atom. The highest BCUT2D eigenvalue weighted by Gasteiger charge is 2.56. The topological polar surface area (TPSA) is 51.5 Å². The third kappa shape index (κ3) is 1.30. The van der Waals surface area contributed by atoms with Gasteiger partial charge in [0.25, 0.3) is 0 Å². The van der Waals surface area contributed by atoms with Crippen LogP contribution in [-0.4, -0.2) is 21.8 Å². The Balaban J connectivity index is 2.03. The molecule has 1 fully saturated rings. The lowest BCUT2D eigenvalue weighted by atomic mass is 10.3. The van der Waals surface area contributed by atoms with Gasteiger partial charge in [-0.25, -0.2) is 9.79 Å². The van der Waals surface area contributed by atoms with Crippen molar-refractivity contribution in [3.05, 3.63) is 15.1 Å². The number of esters is 1. The Morgan fingerprint density at radius 3 is 2.60 bits per heavy atom. The molecule has 0 radical (unpaired) electrons. The second-order valence-corrected chi connectivity index (χ2v) is 4.96. The summed E-state index contributed by atoms with van der Waals surface area (Å²) in [6.45, 7) is 0. The van der Waals surface area contributed by atoms with Crippen molar-refractivity contribution in [1.82, 2.24) is 4.37 Å². The Bertz CT molecular complexity index is 493. The second kappa shape index (κ2) is 2.93. The van der Waals surface area contributed by atoms with Crippen molar-refractivity contribution in [2.45, 2.75) is 18.4 Å². The van der Waals surface area contributed by atoms with Crippen molar-refractivity contribution < 1.29 is 9.53 Å². The first-order valence-corrected chi connectivity index (χ1v) is 5.78. The lowest BCUT2D eigenvalue weighted by Gasteiger charge is -1.95. The minimum atomic E-state index is -0.616. The van der Waals surface area contributed by atoms with Gasteiger partial charge in [0, 0.05) is 0 Å². The van der Waals surface area contributed by atoms with Gasteiger partial charge in [-0.05, 0) is 24.4 Å². The zero-order chi connectivity index (χ0) is 10.6. The molecule has 1 aliphatic carbocycles. The van der Waals surface area contributed by atoms with Crippen LogP contribution in [0.2, 0.25) is 10.2 Å². The normalized spacial score (nSPS) is 21.7. The molecule has 0 saturated heterocycles. The van der Waals surface area contributed by atoms with Gasteiger partial charge < -0.3 is 4.74 Å². The van der Waals surface area contributed by atoms with Crippen LogP contribution in [0.25, 0.3) is 0 Å². The number of carbonyl (C=O) groups excluding carboxylic acids is 1. The number of halogens is 2. The van der Waals surface area contributed by atoms with Gasteiger partial charge in [-0.15, -0.1) is 0 Å². The van der Waals surface area contributed by atoms with Crippen LogP contribution in [0.5, 0.6) is 0 Å². The molecule has 2 heterocycles. The zero-order valence-electron chi connectivity index (χ0n) is 7.29. The minimum absolute atomic E-state index is 0.215. The first-order valence-electron chi connectivity index (χ1n) is 4.25. The molecule has 4 nitrogen and oxygen atoms in total. The van der Waals surface area contributed by atoms with Gasteiger partial charge in [-0.2, -0.15) is 4.37 Å². The van der Waals surface area contributed by atoms with E-state index in [0.717, 1.165) is 24.4 Å². The summed E-state index contributed by atoms with van der Waals surface area (Å²) in [5.41, 5.74) is -0.616. The molecule has 3 rings (SSSR count). The lowest BCUT2D eigenvalue weighted by molar-refractivity contribution is -0.135. The van der Waals surface area contributed by atoms with Gasteiger partial charge >= 0.3 is 5.97 Å². The number of carbonyl (C=O) groups is 1. The molecule has 0 atom stereocenters. The van der Waals surface area contributed by atoms with E-state index in [0.29, 0.717) is 9.90 Å². The van der Waals surface area contributed by atoms with Crippen molar-refractivity contribution in [3.63, 3.8) is 0 Å². The average Bonchev–Trinajstić information content (AvgIpc) is 2.81. The average molecular weight is 263 g/mol. The first-order chi connectivity index (χ1) is 7.12. The Hall–Kier alpha value is -0.650. The lowest BCUT2D eigenvalue weighted by Crippen LogP contribution is -2.15. The molecule has 2 aliphatic rings. The second-order valence-electron chi connectivity index (χ2n) is 3.45. The highest BCUT2D eigenvalue weighted by Crippen LogP contribution is 2.45. The quantitative estimate of drug-likeness (QED) is 0.730. The maximum atomic E-state index is 11.4.